The highest BCUT2D eigenvalue weighted by Gasteiger charge is 2.22. The van der Waals surface area contributed by atoms with Gasteiger partial charge in [-0.1, -0.05) is 25.9 Å². The number of rotatable bonds is 5. The molecule has 0 unspecified atom stereocenters. The first-order valence-electron chi connectivity index (χ1n) is 8.00. The van der Waals surface area contributed by atoms with E-state index in [2.05, 4.69) is 20.6 Å². The van der Waals surface area contributed by atoms with Crippen molar-refractivity contribution in [3.05, 3.63) is 33.5 Å². The summed E-state index contributed by atoms with van der Waals surface area (Å²) < 4.78 is 0. The van der Waals surface area contributed by atoms with E-state index in [9.17, 15) is 4.79 Å². The number of aromatic nitrogens is 1. The number of oxime groups is 1. The van der Waals surface area contributed by atoms with E-state index in [1.54, 1.807) is 12.3 Å². The van der Waals surface area contributed by atoms with Crippen LogP contribution in [0, 0.1) is 5.41 Å². The molecular formula is C16H23N7O2S2. The number of anilines is 1. The molecule has 11 heteroatoms. The monoisotopic (exact) mass is 409 g/mol. The third kappa shape index (κ3) is 5.74. The Morgan fingerprint density at radius 1 is 1.41 bits per heavy atom. The lowest BCUT2D eigenvalue weighted by molar-refractivity contribution is -0.123. The third-order valence-corrected chi connectivity index (χ3v) is 4.85. The molecule has 0 aliphatic heterocycles. The number of nitrogens with one attached hydrogen (secondary N) is 1. The molecule has 0 spiro atoms. The minimum absolute atomic E-state index is 0.0996. The van der Waals surface area contributed by atoms with Crippen LogP contribution >= 0.6 is 22.7 Å². The van der Waals surface area contributed by atoms with Gasteiger partial charge in [0.1, 0.15) is 5.84 Å². The fourth-order valence-electron chi connectivity index (χ4n) is 1.72. The zero-order chi connectivity index (χ0) is 20.0. The fourth-order valence-corrected chi connectivity index (χ4v) is 3.04. The molecule has 2 heterocycles. The van der Waals surface area contributed by atoms with Gasteiger partial charge < -0.3 is 16.0 Å². The molecule has 9 nitrogen and oxygen atoms in total. The summed E-state index contributed by atoms with van der Waals surface area (Å²) in [6.07, 6.45) is 0. The molecule has 0 fully saturated rings. The number of carbonyl (C=O) groups excluding carboxylic acids is 1. The number of hydrogen-bond donors (Lipinski definition) is 3. The molecule has 27 heavy (non-hydrogen) atoms. The summed E-state index contributed by atoms with van der Waals surface area (Å²) in [5, 5.41) is 17.8. The Balaban J connectivity index is 2.05. The van der Waals surface area contributed by atoms with Crippen LogP contribution in [0.5, 0.6) is 0 Å². The quantitative estimate of drug-likeness (QED) is 0.301. The van der Waals surface area contributed by atoms with Gasteiger partial charge in [0, 0.05) is 21.7 Å². The molecule has 2 aromatic rings. The first kappa shape index (κ1) is 20.8. The highest BCUT2D eigenvalue weighted by molar-refractivity contribution is 7.13. The maximum absolute atomic E-state index is 12.0. The van der Waals surface area contributed by atoms with E-state index in [1.165, 1.54) is 27.7 Å². The van der Waals surface area contributed by atoms with Crippen molar-refractivity contribution in [3.63, 3.8) is 0 Å². The van der Waals surface area contributed by atoms with E-state index < -0.39 is 5.41 Å². The number of amides is 1. The lowest BCUT2D eigenvalue weighted by atomic mass is 9.96. The highest BCUT2D eigenvalue weighted by atomic mass is 32.1. The van der Waals surface area contributed by atoms with Crippen molar-refractivity contribution in [2.45, 2.75) is 34.3 Å². The molecule has 5 N–H and O–H groups in total. The SMILES string of the molecule is C/C(=N/N)N(N)/C(=N/OCc1csc(NC(=O)C(C)(C)C)n1)c1ccsc1. The summed E-state index contributed by atoms with van der Waals surface area (Å²) in [7, 11) is 0. The van der Waals surface area contributed by atoms with Crippen molar-refractivity contribution >= 4 is 45.4 Å². The van der Waals surface area contributed by atoms with Gasteiger partial charge in [-0.15, -0.1) is 11.3 Å². The fraction of sp³-hybridized carbons (Fsp3) is 0.375. The van der Waals surface area contributed by atoms with E-state index in [1.807, 2.05) is 37.6 Å². The Morgan fingerprint density at radius 3 is 2.74 bits per heavy atom. The summed E-state index contributed by atoms with van der Waals surface area (Å²) >= 11 is 2.83. The van der Waals surface area contributed by atoms with E-state index in [-0.39, 0.29) is 12.5 Å². The average Bonchev–Trinajstić information content (AvgIpc) is 3.28. The zero-order valence-electron chi connectivity index (χ0n) is 15.6. The van der Waals surface area contributed by atoms with Crippen molar-refractivity contribution in [3.8, 4) is 0 Å². The predicted octanol–water partition coefficient (Wildman–Crippen LogP) is 2.54. The van der Waals surface area contributed by atoms with Crippen LogP contribution in [0.25, 0.3) is 0 Å². The summed E-state index contributed by atoms with van der Waals surface area (Å²) in [6.45, 7) is 7.30. The Kier molecular flexibility index (Phi) is 6.88. The lowest BCUT2D eigenvalue weighted by Crippen LogP contribution is -2.42. The summed E-state index contributed by atoms with van der Waals surface area (Å²) in [5.41, 5.74) is 0.932. The molecule has 0 saturated carbocycles. The number of hydrogen-bond acceptors (Lipinski definition) is 9. The smallest absolute Gasteiger partial charge is 0.231 e. The van der Waals surface area contributed by atoms with Gasteiger partial charge in [-0.25, -0.2) is 15.8 Å². The molecule has 2 aromatic heterocycles. The molecule has 0 aliphatic rings. The molecule has 0 atom stereocenters. The Morgan fingerprint density at radius 2 is 2.15 bits per heavy atom. The van der Waals surface area contributed by atoms with Gasteiger partial charge in [-0.2, -0.15) is 16.4 Å². The summed E-state index contributed by atoms with van der Waals surface area (Å²) in [6, 6.07) is 1.86. The van der Waals surface area contributed by atoms with Crippen LogP contribution in [0.3, 0.4) is 0 Å². The maximum atomic E-state index is 12.0. The van der Waals surface area contributed by atoms with Crippen LogP contribution in [0.2, 0.25) is 0 Å². The number of amidine groups is 2. The molecule has 1 amide bonds. The number of hydrazone groups is 1. The highest BCUT2D eigenvalue weighted by Crippen LogP contribution is 2.21. The molecule has 0 radical (unpaired) electrons. The van der Waals surface area contributed by atoms with Gasteiger partial charge in [-0.3, -0.25) is 4.79 Å². The third-order valence-electron chi connectivity index (χ3n) is 3.36. The van der Waals surface area contributed by atoms with Crippen molar-refractivity contribution < 1.29 is 9.63 Å². The first-order valence-corrected chi connectivity index (χ1v) is 9.82. The molecule has 0 bridgehead atoms. The summed E-state index contributed by atoms with van der Waals surface area (Å²) in [4.78, 5) is 21.7. The van der Waals surface area contributed by atoms with Gasteiger partial charge in [0.05, 0.1) is 5.69 Å². The van der Waals surface area contributed by atoms with Crippen molar-refractivity contribution in [2.75, 3.05) is 5.32 Å². The summed E-state index contributed by atoms with van der Waals surface area (Å²) in [5.74, 6) is 11.9. The van der Waals surface area contributed by atoms with Crippen molar-refractivity contribution in [1.82, 2.24) is 9.99 Å². The van der Waals surface area contributed by atoms with Crippen molar-refractivity contribution in [1.29, 1.82) is 0 Å². The van der Waals surface area contributed by atoms with Crippen LogP contribution in [0.4, 0.5) is 5.13 Å². The molecule has 0 aliphatic carbocycles. The molecule has 0 aromatic carbocycles. The Labute approximate surface area is 165 Å². The van der Waals surface area contributed by atoms with Gasteiger partial charge in [0.2, 0.25) is 5.91 Å². The van der Waals surface area contributed by atoms with Crippen LogP contribution in [0.1, 0.15) is 39.0 Å². The van der Waals surface area contributed by atoms with Gasteiger partial charge in [-0.05, 0) is 18.4 Å². The number of nitrogens with two attached hydrogens (primary N) is 2. The topological polar surface area (TPSA) is 131 Å². The molecule has 0 saturated heterocycles. The zero-order valence-corrected chi connectivity index (χ0v) is 17.2. The lowest BCUT2D eigenvalue weighted by Gasteiger charge is -2.18. The van der Waals surface area contributed by atoms with Crippen LogP contribution in [-0.4, -0.2) is 27.6 Å². The van der Waals surface area contributed by atoms with Crippen LogP contribution < -0.4 is 17.0 Å². The average molecular weight is 410 g/mol. The van der Waals surface area contributed by atoms with E-state index in [0.717, 1.165) is 5.56 Å². The minimum Gasteiger partial charge on any atom is -0.387 e. The molecular weight excluding hydrogens is 386 g/mol. The Bertz CT molecular complexity index is 822. The second-order valence-electron chi connectivity index (χ2n) is 6.59. The number of thiophene rings is 1. The normalized spacial score (nSPS) is 12.8. The number of hydrazine groups is 1. The minimum atomic E-state index is -0.491. The maximum Gasteiger partial charge on any atom is 0.231 e. The van der Waals surface area contributed by atoms with Gasteiger partial charge in [0.15, 0.2) is 17.6 Å². The van der Waals surface area contributed by atoms with Crippen LogP contribution in [0.15, 0.2) is 32.5 Å². The van der Waals surface area contributed by atoms with Gasteiger partial charge in [0.25, 0.3) is 0 Å². The molecule has 146 valence electrons. The molecule has 2 rings (SSSR count). The second kappa shape index (κ2) is 8.93. The van der Waals surface area contributed by atoms with E-state index in [4.69, 9.17) is 16.5 Å². The van der Waals surface area contributed by atoms with E-state index >= 15 is 0 Å². The standard InChI is InChI=1S/C16H23N7O2S2/c1-10(21-17)23(18)13(11-5-6-26-8-11)22-25-7-12-9-27-15(19-12)20-14(24)16(2,3)4/h5-6,8-9H,7,17-18H2,1-4H3,(H,19,20,24)/b21-10-,22-13+. The number of thiazole rings is 1. The van der Waals surface area contributed by atoms with Gasteiger partial charge >= 0.3 is 0 Å². The van der Waals surface area contributed by atoms with E-state index in [0.29, 0.717) is 22.5 Å². The first-order chi connectivity index (χ1) is 12.7. The predicted molar refractivity (Wildman–Crippen MR) is 109 cm³/mol. The van der Waals surface area contributed by atoms with Crippen LogP contribution in [-0.2, 0) is 16.2 Å². The number of carbonyl (C=O) groups is 1. The Hall–Kier alpha value is -2.50. The number of nitrogens with zero attached hydrogens (tertiary/aromatic N) is 4. The largest absolute Gasteiger partial charge is 0.387 e. The van der Waals surface area contributed by atoms with Crippen molar-refractivity contribution in [2.24, 2.45) is 27.4 Å². The second-order valence-corrected chi connectivity index (χ2v) is 8.23.